The van der Waals surface area contributed by atoms with Gasteiger partial charge in [-0.15, -0.1) is 0 Å². The predicted octanol–water partition coefficient (Wildman–Crippen LogP) is 2.84. The Hall–Kier alpha value is -1.65. The van der Waals surface area contributed by atoms with Gasteiger partial charge >= 0.3 is 0 Å². The average molecular weight is 274 g/mol. The number of nitrogens with one attached hydrogen (secondary N) is 1. The SMILES string of the molecule is CCC(=O)c1ccc2[nH]c(COCCN(C)C)cc2c1. The van der Waals surface area contributed by atoms with Crippen LogP contribution in [0, 0.1) is 0 Å². The minimum atomic E-state index is 0.178. The van der Waals surface area contributed by atoms with Crippen LogP contribution in [0.4, 0.5) is 0 Å². The summed E-state index contributed by atoms with van der Waals surface area (Å²) >= 11 is 0. The highest BCUT2D eigenvalue weighted by Crippen LogP contribution is 2.18. The molecule has 0 radical (unpaired) electrons. The first-order chi connectivity index (χ1) is 9.60. The first-order valence-electron chi connectivity index (χ1n) is 6.97. The molecule has 0 atom stereocenters. The minimum absolute atomic E-state index is 0.178. The second-order valence-electron chi connectivity index (χ2n) is 5.23. The summed E-state index contributed by atoms with van der Waals surface area (Å²) in [6.45, 7) is 4.07. The molecule has 1 heterocycles. The van der Waals surface area contributed by atoms with E-state index in [0.717, 1.165) is 28.7 Å². The molecule has 1 N–H and O–H groups in total. The zero-order valence-electron chi connectivity index (χ0n) is 12.4. The number of aromatic amines is 1. The first-order valence-corrected chi connectivity index (χ1v) is 6.97. The molecular weight excluding hydrogens is 252 g/mol. The van der Waals surface area contributed by atoms with Crippen LogP contribution >= 0.6 is 0 Å². The number of likely N-dealkylation sites (N-methyl/N-ethyl adjacent to an activating group) is 1. The van der Waals surface area contributed by atoms with E-state index in [-0.39, 0.29) is 5.78 Å². The summed E-state index contributed by atoms with van der Waals surface area (Å²) < 4.78 is 5.62. The van der Waals surface area contributed by atoms with Gasteiger partial charge in [0.25, 0.3) is 0 Å². The quantitative estimate of drug-likeness (QED) is 0.624. The largest absolute Gasteiger partial charge is 0.374 e. The fourth-order valence-corrected chi connectivity index (χ4v) is 2.08. The molecule has 1 aromatic carbocycles. The number of fused-ring (bicyclic) bond motifs is 1. The molecular formula is C16H22N2O2. The van der Waals surface area contributed by atoms with E-state index >= 15 is 0 Å². The monoisotopic (exact) mass is 274 g/mol. The molecule has 0 saturated heterocycles. The first kappa shape index (κ1) is 14.8. The second kappa shape index (κ2) is 6.68. The zero-order chi connectivity index (χ0) is 14.5. The Balaban J connectivity index is 2.03. The highest BCUT2D eigenvalue weighted by Gasteiger charge is 2.06. The number of carbonyl (C=O) groups excluding carboxylic acids is 1. The molecule has 0 aliphatic rings. The number of H-pyrrole nitrogens is 1. The van der Waals surface area contributed by atoms with Crippen molar-refractivity contribution in [3.05, 3.63) is 35.5 Å². The van der Waals surface area contributed by atoms with E-state index in [9.17, 15) is 4.79 Å². The lowest BCUT2D eigenvalue weighted by Crippen LogP contribution is -2.17. The van der Waals surface area contributed by atoms with Crippen LogP contribution in [0.1, 0.15) is 29.4 Å². The number of hydrogen-bond acceptors (Lipinski definition) is 3. The lowest BCUT2D eigenvalue weighted by molar-refractivity contribution is 0.0988. The van der Waals surface area contributed by atoms with Gasteiger partial charge in [-0.05, 0) is 38.4 Å². The minimum Gasteiger partial charge on any atom is -0.374 e. The normalized spacial score (nSPS) is 11.4. The van der Waals surface area contributed by atoms with E-state index in [1.54, 1.807) is 0 Å². The van der Waals surface area contributed by atoms with Crippen molar-refractivity contribution in [2.75, 3.05) is 27.2 Å². The third-order valence-corrected chi connectivity index (χ3v) is 3.26. The summed E-state index contributed by atoms with van der Waals surface area (Å²) in [7, 11) is 4.05. The third-order valence-electron chi connectivity index (χ3n) is 3.26. The fourth-order valence-electron chi connectivity index (χ4n) is 2.08. The van der Waals surface area contributed by atoms with Gasteiger partial charge in [-0.25, -0.2) is 0 Å². The van der Waals surface area contributed by atoms with Gasteiger partial charge in [0.1, 0.15) is 0 Å². The van der Waals surface area contributed by atoms with E-state index in [2.05, 4.69) is 16.0 Å². The number of Topliss-reactive ketones (excluding diaryl/α,β-unsaturated/α-hetero) is 1. The van der Waals surface area contributed by atoms with Gasteiger partial charge in [-0.3, -0.25) is 4.79 Å². The maximum atomic E-state index is 11.7. The van der Waals surface area contributed by atoms with Crippen molar-refractivity contribution in [3.8, 4) is 0 Å². The Morgan fingerprint density at radius 3 is 2.80 bits per heavy atom. The van der Waals surface area contributed by atoms with Crippen LogP contribution in [0.5, 0.6) is 0 Å². The Bertz CT molecular complexity index is 587. The molecule has 0 amide bonds. The van der Waals surface area contributed by atoms with Gasteiger partial charge < -0.3 is 14.6 Å². The molecule has 20 heavy (non-hydrogen) atoms. The molecule has 0 aliphatic carbocycles. The third kappa shape index (κ3) is 3.68. The second-order valence-corrected chi connectivity index (χ2v) is 5.23. The van der Waals surface area contributed by atoms with Gasteiger partial charge in [0.2, 0.25) is 0 Å². The van der Waals surface area contributed by atoms with Crippen LogP contribution in [0.2, 0.25) is 0 Å². The highest BCUT2D eigenvalue weighted by molar-refractivity contribution is 5.99. The van der Waals surface area contributed by atoms with Crippen LogP contribution in [0.25, 0.3) is 10.9 Å². The summed E-state index contributed by atoms with van der Waals surface area (Å²) in [5.74, 6) is 0.178. The number of carbonyl (C=O) groups is 1. The van der Waals surface area contributed by atoms with Gasteiger partial charge in [-0.1, -0.05) is 6.92 Å². The van der Waals surface area contributed by atoms with Crippen LogP contribution < -0.4 is 0 Å². The summed E-state index contributed by atoms with van der Waals surface area (Å²) in [6, 6.07) is 7.83. The van der Waals surface area contributed by atoms with Crippen LogP contribution in [-0.2, 0) is 11.3 Å². The summed E-state index contributed by atoms with van der Waals surface area (Å²) in [6.07, 6.45) is 0.538. The van der Waals surface area contributed by atoms with Crippen molar-refractivity contribution in [1.29, 1.82) is 0 Å². The molecule has 2 aromatic rings. The number of hydrogen-bond donors (Lipinski definition) is 1. The molecule has 0 fully saturated rings. The van der Waals surface area contributed by atoms with Crippen molar-refractivity contribution >= 4 is 16.7 Å². The van der Waals surface area contributed by atoms with Crippen LogP contribution in [0.15, 0.2) is 24.3 Å². The van der Waals surface area contributed by atoms with E-state index in [0.29, 0.717) is 19.6 Å². The molecule has 4 nitrogen and oxygen atoms in total. The topological polar surface area (TPSA) is 45.3 Å². The van der Waals surface area contributed by atoms with E-state index in [1.807, 2.05) is 39.2 Å². The smallest absolute Gasteiger partial charge is 0.162 e. The molecule has 0 spiro atoms. The molecule has 0 bridgehead atoms. The number of rotatable bonds is 7. The van der Waals surface area contributed by atoms with Crippen molar-refractivity contribution in [2.24, 2.45) is 0 Å². The maximum absolute atomic E-state index is 11.7. The Morgan fingerprint density at radius 1 is 1.30 bits per heavy atom. The van der Waals surface area contributed by atoms with E-state index in [4.69, 9.17) is 4.74 Å². The highest BCUT2D eigenvalue weighted by atomic mass is 16.5. The lowest BCUT2D eigenvalue weighted by atomic mass is 10.1. The Kier molecular flexibility index (Phi) is 4.93. The number of benzene rings is 1. The molecule has 0 aliphatic heterocycles. The van der Waals surface area contributed by atoms with E-state index < -0.39 is 0 Å². The summed E-state index contributed by atoms with van der Waals surface area (Å²) in [5.41, 5.74) is 2.86. The summed E-state index contributed by atoms with van der Waals surface area (Å²) in [4.78, 5) is 17.1. The van der Waals surface area contributed by atoms with Gasteiger partial charge in [0.05, 0.1) is 13.2 Å². The molecule has 108 valence electrons. The molecule has 0 saturated carbocycles. The van der Waals surface area contributed by atoms with Gasteiger partial charge in [-0.2, -0.15) is 0 Å². The Morgan fingerprint density at radius 2 is 2.10 bits per heavy atom. The number of ketones is 1. The molecule has 2 rings (SSSR count). The predicted molar refractivity (Wildman–Crippen MR) is 81.1 cm³/mol. The lowest BCUT2D eigenvalue weighted by Gasteiger charge is -2.08. The maximum Gasteiger partial charge on any atom is 0.162 e. The average Bonchev–Trinajstić information content (AvgIpc) is 2.84. The fraction of sp³-hybridized carbons (Fsp3) is 0.438. The van der Waals surface area contributed by atoms with Crippen molar-refractivity contribution in [1.82, 2.24) is 9.88 Å². The van der Waals surface area contributed by atoms with Crippen molar-refractivity contribution < 1.29 is 9.53 Å². The summed E-state index contributed by atoms with van der Waals surface area (Å²) in [5, 5.41) is 1.07. The molecule has 0 unspecified atom stereocenters. The number of aromatic nitrogens is 1. The standard InChI is InChI=1S/C16H22N2O2/c1-4-16(19)12-5-6-15-13(9-12)10-14(17-15)11-20-8-7-18(2)3/h5-6,9-10,17H,4,7-8,11H2,1-3H3. The van der Waals surface area contributed by atoms with Crippen LogP contribution in [-0.4, -0.2) is 42.9 Å². The zero-order valence-corrected chi connectivity index (χ0v) is 12.4. The van der Waals surface area contributed by atoms with Gasteiger partial charge in [0.15, 0.2) is 5.78 Å². The van der Waals surface area contributed by atoms with E-state index in [1.165, 1.54) is 0 Å². The van der Waals surface area contributed by atoms with Gasteiger partial charge in [0, 0.05) is 35.1 Å². The molecule has 1 aromatic heterocycles. The van der Waals surface area contributed by atoms with Crippen molar-refractivity contribution in [3.63, 3.8) is 0 Å². The van der Waals surface area contributed by atoms with Crippen LogP contribution in [0.3, 0.4) is 0 Å². The van der Waals surface area contributed by atoms with Crippen molar-refractivity contribution in [2.45, 2.75) is 20.0 Å². The number of ether oxygens (including phenoxy) is 1. The Labute approximate surface area is 119 Å². The molecule has 4 heteroatoms. The number of nitrogens with zero attached hydrogens (tertiary/aromatic N) is 1.